The fraction of sp³-hybridized carbons (Fsp3) is 0.396. The van der Waals surface area contributed by atoms with Crippen LogP contribution < -0.4 is 51.4 Å². The maximum absolute atomic E-state index is 11.6. The van der Waals surface area contributed by atoms with E-state index in [1.54, 1.807) is 13.0 Å². The van der Waals surface area contributed by atoms with Crippen molar-refractivity contribution in [1.82, 2.24) is 10.6 Å². The van der Waals surface area contributed by atoms with Gasteiger partial charge in [0, 0.05) is 93.2 Å². The number of fused-ring (bicyclic) bond motifs is 3. The molecule has 33 heteroatoms. The molecule has 0 spiro atoms. The molecule has 4 amide bonds. The Bertz CT molecular complexity index is 2880. The summed E-state index contributed by atoms with van der Waals surface area (Å²) in [4.78, 5) is 86.0. The van der Waals surface area contributed by atoms with Crippen molar-refractivity contribution >= 4 is 122 Å². The number of halogens is 4. The van der Waals surface area contributed by atoms with E-state index in [9.17, 15) is 54.3 Å². The van der Waals surface area contributed by atoms with Crippen molar-refractivity contribution in [1.29, 1.82) is 0 Å². The number of anilines is 5. The number of nitrogens with zero attached hydrogens (tertiary/aromatic N) is 6. The van der Waals surface area contributed by atoms with E-state index in [4.69, 9.17) is 76.6 Å². The van der Waals surface area contributed by atoms with Gasteiger partial charge >= 0.3 is 23.0 Å². The number of aliphatic hydroxyl groups is 1. The summed E-state index contributed by atoms with van der Waals surface area (Å²) in [6.45, 7) is 13.1. The summed E-state index contributed by atoms with van der Waals surface area (Å²) in [6.07, 6.45) is -2.89. The molecule has 4 atom stereocenters. The molecule has 4 heterocycles. The van der Waals surface area contributed by atoms with Crippen molar-refractivity contribution in [3.63, 3.8) is 0 Å². The second-order valence-corrected chi connectivity index (χ2v) is 18.0. The molecule has 0 radical (unpaired) electrons. The predicted octanol–water partition coefficient (Wildman–Crippen LogP) is 6.84. The van der Waals surface area contributed by atoms with Gasteiger partial charge in [0.15, 0.2) is 24.1 Å². The van der Waals surface area contributed by atoms with E-state index in [0.717, 1.165) is 62.5 Å². The van der Waals surface area contributed by atoms with Crippen molar-refractivity contribution in [3.8, 4) is 23.0 Å². The lowest BCUT2D eigenvalue weighted by molar-refractivity contribution is -0.386. The zero-order valence-corrected chi connectivity index (χ0v) is 47.6. The van der Waals surface area contributed by atoms with Crippen LogP contribution in [-0.4, -0.2) is 144 Å². The summed E-state index contributed by atoms with van der Waals surface area (Å²) in [5, 5.41) is 70.0. The summed E-state index contributed by atoms with van der Waals surface area (Å²) in [5.74, 6) is 0.143. The van der Waals surface area contributed by atoms with Gasteiger partial charge < -0.3 is 66.4 Å². The molecule has 8 rings (SSSR count). The third-order valence-electron chi connectivity index (χ3n) is 10.2. The number of hydrogen-bond acceptors (Lipinski definition) is 22. The highest BCUT2D eigenvalue weighted by atomic mass is 35.5. The SMILES string of the molecule is CN=NC(C)=O.COC(=O)[C@H](C)O.C[C@H]1Oc2c(cc(Cl)cc2[N+](=O)[O-])NC1=O.C[C@H]1Oc2c(cccc2N2CCNCC2)NC1=O.C[C@H]1Oc2c(cccc2[N+](=O)[O-])NC1=O.ClCCNCCCl.Nc1cc(Cl)cc([N+](=O)[O-])c1O. The highest BCUT2D eigenvalue weighted by molar-refractivity contribution is 6.31. The molecule has 4 aliphatic heterocycles. The number of aromatic hydroxyl groups is 1. The Morgan fingerprint density at radius 1 is 0.765 bits per heavy atom. The lowest BCUT2D eigenvalue weighted by Crippen LogP contribution is -2.44. The topological polar surface area (TPSA) is 406 Å². The number of ether oxygens (including phenoxy) is 4. The second kappa shape index (κ2) is 34.9. The summed E-state index contributed by atoms with van der Waals surface area (Å²) in [7, 11) is 2.69. The van der Waals surface area contributed by atoms with Crippen molar-refractivity contribution in [2.24, 2.45) is 10.2 Å². The minimum absolute atomic E-state index is 0.0431. The van der Waals surface area contributed by atoms with Crippen molar-refractivity contribution < 1.29 is 67.9 Å². The van der Waals surface area contributed by atoms with E-state index in [0.29, 0.717) is 17.4 Å². The lowest BCUT2D eigenvalue weighted by atomic mass is 10.1. The number of nitrogen functional groups attached to an aromatic ring is 1. The number of carbonyl (C=O) groups excluding carboxylic acids is 5. The standard InChI is InChI=1S/C13H17N3O2.C9H7ClN2O4.C9H8N2O4.C6H5ClN2O3.C4H9Cl2N.C4H8O3.C3H6N2O/c1-9-13(17)15-10-3-2-4-11(12(10)18-9)16-7-5-14-6-8-16;1-4-9(13)11-6-2-5(10)3-7(12(14)15)8(6)16-4;1-5-9(12)10-6-3-2-4-7(11(13)14)8(6)15-5;7-3-1-4(8)6(10)5(2-3)9(11)12;5-1-3-7-4-2-6;1-3(5)4(6)7-2;1-3(6)5-4-2/h2-4,9,14H,5-8H2,1H3,(H,15,17);2-4H,1H3,(H,11,13);2-5H,1H3,(H,10,12);1-2,10H,8H2;7H,1-4H2;3,5H,1-2H3;1-2H3/t9-;4-;5-;;;3-;/m111..0./s1. The molecule has 29 nitrogen and oxygen atoms in total. The average Bonchev–Trinajstić information content (AvgIpc) is 3.42. The number of alkyl halides is 2. The first-order chi connectivity index (χ1) is 38.2. The molecule has 0 unspecified atom stereocenters. The van der Waals surface area contributed by atoms with Crippen LogP contribution in [0, 0.1) is 30.3 Å². The maximum atomic E-state index is 11.6. The molecule has 81 heavy (non-hydrogen) atoms. The third-order valence-corrected chi connectivity index (χ3v) is 11.1. The van der Waals surface area contributed by atoms with Crippen LogP contribution in [0.1, 0.15) is 34.6 Å². The number of para-hydroxylation sites is 2. The zero-order chi connectivity index (χ0) is 61.1. The van der Waals surface area contributed by atoms with Gasteiger partial charge in [0.25, 0.3) is 23.6 Å². The number of aliphatic hydroxyl groups excluding tert-OH is 1. The van der Waals surface area contributed by atoms with Crippen LogP contribution in [0.4, 0.5) is 45.5 Å². The van der Waals surface area contributed by atoms with Gasteiger partial charge in [0.1, 0.15) is 6.10 Å². The molecular formula is C48H60Cl4N12O17. The number of nitro groups is 3. The fourth-order valence-electron chi connectivity index (χ4n) is 6.43. The van der Waals surface area contributed by atoms with E-state index in [2.05, 4.69) is 46.4 Å². The number of phenols is 1. The van der Waals surface area contributed by atoms with Crippen LogP contribution >= 0.6 is 46.4 Å². The molecule has 0 aliphatic carbocycles. The third kappa shape index (κ3) is 22.6. The Kier molecular flexibility index (Phi) is 29.8. The number of amides is 4. The van der Waals surface area contributed by atoms with E-state index in [-0.39, 0.29) is 67.9 Å². The number of hydrogen-bond donors (Lipinski definition) is 8. The molecule has 442 valence electrons. The number of nitrogens with one attached hydrogen (secondary N) is 5. The van der Waals surface area contributed by atoms with Crippen molar-refractivity contribution in [2.45, 2.75) is 59.0 Å². The van der Waals surface area contributed by atoms with Gasteiger partial charge in [-0.1, -0.05) is 35.3 Å². The fourth-order valence-corrected chi connectivity index (χ4v) is 7.13. The van der Waals surface area contributed by atoms with E-state index < -0.39 is 56.6 Å². The Hall–Kier alpha value is -7.93. The summed E-state index contributed by atoms with van der Waals surface area (Å²) < 4.78 is 20.2. The van der Waals surface area contributed by atoms with E-state index in [1.807, 2.05) is 18.2 Å². The largest absolute Gasteiger partial charge is 0.501 e. The number of methoxy groups -OCH3 is 1. The number of nitrogens with two attached hydrogens (primary N) is 1. The molecule has 4 aliphatic rings. The lowest BCUT2D eigenvalue weighted by Gasteiger charge is -2.33. The van der Waals surface area contributed by atoms with Gasteiger partial charge in [0.2, 0.25) is 17.2 Å². The smallest absolute Gasteiger partial charge is 0.334 e. The minimum atomic E-state index is -0.995. The number of azo groups is 1. The van der Waals surface area contributed by atoms with Crippen molar-refractivity contribution in [2.75, 3.05) is 91.8 Å². The van der Waals surface area contributed by atoms with Gasteiger partial charge in [-0.05, 0) is 58.0 Å². The summed E-state index contributed by atoms with van der Waals surface area (Å²) in [6, 6.07) is 15.1. The normalized spacial score (nSPS) is 16.3. The second-order valence-electron chi connectivity index (χ2n) is 16.4. The van der Waals surface area contributed by atoms with Gasteiger partial charge in [-0.2, -0.15) is 5.11 Å². The maximum Gasteiger partial charge on any atom is 0.334 e. The van der Waals surface area contributed by atoms with Crippen molar-refractivity contribution in [3.05, 3.63) is 101 Å². The highest BCUT2D eigenvalue weighted by Gasteiger charge is 2.32. The number of carbonyl (C=O) groups is 5. The monoisotopic (exact) mass is 1220 g/mol. The molecule has 0 bridgehead atoms. The van der Waals surface area contributed by atoms with Crippen LogP contribution in [-0.2, 0) is 28.7 Å². The number of esters is 1. The van der Waals surface area contributed by atoms with Gasteiger partial charge in [-0.25, -0.2) is 4.79 Å². The molecule has 0 saturated carbocycles. The highest BCUT2D eigenvalue weighted by Crippen LogP contribution is 2.42. The Morgan fingerprint density at radius 3 is 1.64 bits per heavy atom. The Balaban J connectivity index is 0.000000335. The number of phenolic OH excluding ortho intramolecular Hbond substituents is 1. The first-order valence-electron chi connectivity index (χ1n) is 23.8. The molecule has 4 aromatic carbocycles. The zero-order valence-electron chi connectivity index (χ0n) is 44.5. The predicted molar refractivity (Wildman–Crippen MR) is 303 cm³/mol. The number of piperazine rings is 1. The summed E-state index contributed by atoms with van der Waals surface area (Å²) >= 11 is 21.8. The van der Waals surface area contributed by atoms with Gasteiger partial charge in [-0.3, -0.25) is 49.5 Å². The number of benzene rings is 4. The van der Waals surface area contributed by atoms with Crippen LogP contribution in [0.5, 0.6) is 23.0 Å². The molecule has 1 fully saturated rings. The Morgan fingerprint density at radius 2 is 1.21 bits per heavy atom. The van der Waals surface area contributed by atoms with Crippen LogP contribution in [0.15, 0.2) is 70.9 Å². The van der Waals surface area contributed by atoms with Crippen LogP contribution in [0.25, 0.3) is 0 Å². The molecule has 4 aromatic rings. The van der Waals surface area contributed by atoms with Gasteiger partial charge in [0.05, 0.1) is 50.3 Å². The Labute approximate surface area is 483 Å². The first-order valence-corrected chi connectivity index (χ1v) is 25.6. The molecule has 1 saturated heterocycles. The molecule has 9 N–H and O–H groups in total. The number of rotatable bonds is 9. The van der Waals surface area contributed by atoms with Gasteiger partial charge in [-0.15, -0.1) is 28.3 Å². The van der Waals surface area contributed by atoms with Crippen LogP contribution in [0.2, 0.25) is 10.0 Å². The number of nitro benzene ring substituents is 3. The average molecular weight is 1220 g/mol. The molecular weight excluding hydrogens is 1160 g/mol. The van der Waals surface area contributed by atoms with E-state index >= 15 is 0 Å². The molecule has 0 aromatic heterocycles. The first kappa shape index (κ1) is 69.2. The quantitative estimate of drug-likeness (QED) is 0.0124. The minimum Gasteiger partial charge on any atom is -0.501 e. The van der Waals surface area contributed by atoms with E-state index in [1.165, 1.54) is 72.2 Å². The summed E-state index contributed by atoms with van der Waals surface area (Å²) in [5.41, 5.74) is 6.64. The van der Waals surface area contributed by atoms with Crippen LogP contribution in [0.3, 0.4) is 0 Å².